The highest BCUT2D eigenvalue weighted by Crippen LogP contribution is 2.44. The van der Waals surface area contributed by atoms with E-state index in [4.69, 9.17) is 23.1 Å². The van der Waals surface area contributed by atoms with Crippen molar-refractivity contribution < 1.29 is 53.1 Å². The van der Waals surface area contributed by atoms with Crippen molar-refractivity contribution in [2.24, 2.45) is 11.8 Å². The molecule has 4 rings (SSSR count). The van der Waals surface area contributed by atoms with Gasteiger partial charge in [-0.05, 0) is 101 Å². The molecule has 1 aliphatic carbocycles. The number of epoxide rings is 1. The van der Waals surface area contributed by atoms with Crippen LogP contribution < -0.4 is 0 Å². The van der Waals surface area contributed by atoms with E-state index in [2.05, 4.69) is 86.5 Å². The van der Waals surface area contributed by atoms with Gasteiger partial charge in [0.05, 0.1) is 30.3 Å². The lowest BCUT2D eigenvalue weighted by Crippen LogP contribution is -2.53. The van der Waals surface area contributed by atoms with Gasteiger partial charge in [-0.25, -0.2) is 4.79 Å². The van der Waals surface area contributed by atoms with E-state index in [1.807, 2.05) is 6.92 Å². The second kappa shape index (κ2) is 23.3. The second-order valence-corrected chi connectivity index (χ2v) is 34.0. The molecule has 3 heterocycles. The topological polar surface area (TPSA) is 171 Å². The summed E-state index contributed by atoms with van der Waals surface area (Å²) in [5.41, 5.74) is -2.76. The Morgan fingerprint density at radius 2 is 1.52 bits per heavy atom. The Labute approximate surface area is 408 Å². The fourth-order valence-corrected chi connectivity index (χ4v) is 12.6. The van der Waals surface area contributed by atoms with E-state index < -0.39 is 76.3 Å². The van der Waals surface area contributed by atoms with Gasteiger partial charge >= 0.3 is 12.1 Å². The molecule has 3 fully saturated rings. The molecular formula is C52H96N2O11Si2. The number of carbonyl (C=O) groups excluding carboxylic acids is 2. The molecule has 12 atom stereocenters. The molecule has 0 bridgehead atoms. The van der Waals surface area contributed by atoms with Gasteiger partial charge in [-0.3, -0.25) is 9.69 Å². The monoisotopic (exact) mass is 981 g/mol. The SMILES string of the molecule is CC[C@H](O[Si](C)(C)C(C)(C)C)[C@@H](C)C1O[C@@H]1C[C@@](C)(O)C(O)C(O)/C=C(\C)C1OC(=O)C[C@H](O[Si](C)(C)C(C)(C)C)CC[C@@](C)(O)[C@@H](OC(=O)N2CCN(C3CCCCCC3)CC2)/C=C/[C@@H]1C. The molecule has 4 N–H and O–H groups in total. The van der Waals surface area contributed by atoms with Gasteiger partial charge < -0.3 is 48.4 Å². The highest BCUT2D eigenvalue weighted by molar-refractivity contribution is 6.74. The van der Waals surface area contributed by atoms with Gasteiger partial charge in [-0.2, -0.15) is 0 Å². The van der Waals surface area contributed by atoms with Crippen LogP contribution in [-0.4, -0.2) is 151 Å². The van der Waals surface area contributed by atoms with Crippen LogP contribution in [0.4, 0.5) is 4.79 Å². The largest absolute Gasteiger partial charge is 0.457 e. The van der Waals surface area contributed by atoms with E-state index in [-0.39, 0.29) is 53.6 Å². The van der Waals surface area contributed by atoms with Gasteiger partial charge in [0, 0.05) is 56.6 Å². The zero-order valence-electron chi connectivity index (χ0n) is 44.7. The lowest BCUT2D eigenvalue weighted by atomic mass is 9.85. The number of aliphatic hydroxyl groups excluding tert-OH is 2. The summed E-state index contributed by atoms with van der Waals surface area (Å²) in [6.07, 6.45) is 7.19. The first-order chi connectivity index (χ1) is 30.8. The van der Waals surface area contributed by atoms with E-state index in [0.29, 0.717) is 31.1 Å². The summed E-state index contributed by atoms with van der Waals surface area (Å²) in [4.78, 5) is 32.1. The first kappa shape index (κ1) is 57.9. The third kappa shape index (κ3) is 15.9. The van der Waals surface area contributed by atoms with Crippen molar-refractivity contribution in [3.63, 3.8) is 0 Å². The molecule has 3 aliphatic heterocycles. The number of aliphatic hydroxyl groups is 4. The van der Waals surface area contributed by atoms with Crippen LogP contribution in [-0.2, 0) is 27.9 Å². The Kier molecular flexibility index (Phi) is 20.1. The third-order valence-electron chi connectivity index (χ3n) is 16.6. The number of cyclic esters (lactones) is 1. The lowest BCUT2D eigenvalue weighted by Gasteiger charge is -2.41. The first-order valence-corrected chi connectivity index (χ1v) is 31.7. The Morgan fingerprint density at radius 1 is 0.940 bits per heavy atom. The predicted molar refractivity (Wildman–Crippen MR) is 271 cm³/mol. The van der Waals surface area contributed by atoms with Gasteiger partial charge in [0.15, 0.2) is 22.7 Å². The van der Waals surface area contributed by atoms with Crippen LogP contribution in [0.2, 0.25) is 36.3 Å². The number of piperazine rings is 1. The predicted octanol–water partition coefficient (Wildman–Crippen LogP) is 9.27. The number of nitrogens with zero attached hydrogens (tertiary/aromatic N) is 2. The number of ether oxygens (including phenoxy) is 3. The summed E-state index contributed by atoms with van der Waals surface area (Å²) in [5.74, 6) is -0.949. The average molecular weight is 982 g/mol. The molecule has 0 radical (unpaired) electrons. The number of esters is 1. The minimum atomic E-state index is -2.40. The third-order valence-corrected chi connectivity index (χ3v) is 25.6. The Morgan fingerprint density at radius 3 is 2.07 bits per heavy atom. The highest BCUT2D eigenvalue weighted by Gasteiger charge is 2.52. The van der Waals surface area contributed by atoms with Crippen LogP contribution in [0.1, 0.15) is 154 Å². The molecule has 67 heavy (non-hydrogen) atoms. The summed E-state index contributed by atoms with van der Waals surface area (Å²) >= 11 is 0. The molecule has 0 aromatic carbocycles. The molecule has 13 nitrogen and oxygen atoms in total. The van der Waals surface area contributed by atoms with Crippen molar-refractivity contribution in [2.75, 3.05) is 26.2 Å². The maximum absolute atomic E-state index is 13.9. The van der Waals surface area contributed by atoms with E-state index in [1.54, 1.807) is 30.9 Å². The summed E-state index contributed by atoms with van der Waals surface area (Å²) in [5, 5.41) is 46.8. The molecule has 388 valence electrons. The second-order valence-electron chi connectivity index (χ2n) is 24.5. The van der Waals surface area contributed by atoms with Gasteiger partial charge in [-0.1, -0.05) is 100 Å². The Bertz CT molecular complexity index is 1660. The number of amides is 1. The van der Waals surface area contributed by atoms with Crippen molar-refractivity contribution in [3.05, 3.63) is 23.8 Å². The van der Waals surface area contributed by atoms with Crippen LogP contribution in [0.25, 0.3) is 0 Å². The van der Waals surface area contributed by atoms with Crippen LogP contribution in [0.15, 0.2) is 23.8 Å². The molecular weight excluding hydrogens is 885 g/mol. The summed E-state index contributed by atoms with van der Waals surface area (Å²) in [6, 6.07) is 0.557. The maximum Gasteiger partial charge on any atom is 0.410 e. The fourth-order valence-electron chi connectivity index (χ4n) is 9.67. The molecule has 1 amide bonds. The maximum atomic E-state index is 13.9. The van der Waals surface area contributed by atoms with Crippen LogP contribution in [0, 0.1) is 11.8 Å². The number of hydrogen-bond donors (Lipinski definition) is 4. The molecule has 4 aliphatic rings. The number of rotatable bonds is 15. The van der Waals surface area contributed by atoms with Crippen molar-refractivity contribution in [1.82, 2.24) is 9.80 Å². The number of hydrogen-bond acceptors (Lipinski definition) is 12. The van der Waals surface area contributed by atoms with E-state index >= 15 is 0 Å². The lowest BCUT2D eigenvalue weighted by molar-refractivity contribution is -0.151. The quantitative estimate of drug-likeness (QED) is 0.0404. The van der Waals surface area contributed by atoms with Crippen LogP contribution in [0.3, 0.4) is 0 Å². The molecule has 0 spiro atoms. The molecule has 0 aromatic rings. The highest BCUT2D eigenvalue weighted by atomic mass is 28.4. The zero-order chi connectivity index (χ0) is 50.5. The van der Waals surface area contributed by atoms with Crippen molar-refractivity contribution in [3.8, 4) is 0 Å². The molecule has 4 unspecified atom stereocenters. The van der Waals surface area contributed by atoms with E-state index in [1.165, 1.54) is 51.5 Å². The minimum absolute atomic E-state index is 0.00875. The minimum Gasteiger partial charge on any atom is -0.457 e. The smallest absolute Gasteiger partial charge is 0.410 e. The Balaban J connectivity index is 1.54. The average Bonchev–Trinajstić information content (AvgIpc) is 4.03. The summed E-state index contributed by atoms with van der Waals surface area (Å²) in [6.45, 7) is 35.5. The van der Waals surface area contributed by atoms with Gasteiger partial charge in [0.25, 0.3) is 0 Å². The molecule has 1 saturated carbocycles. The molecule has 2 saturated heterocycles. The Hall–Kier alpha value is -1.67. The number of carbonyl (C=O) groups is 2. The van der Waals surface area contributed by atoms with Crippen molar-refractivity contribution in [1.29, 1.82) is 0 Å². The first-order valence-electron chi connectivity index (χ1n) is 25.9. The summed E-state index contributed by atoms with van der Waals surface area (Å²) in [7, 11) is -4.44. The van der Waals surface area contributed by atoms with Gasteiger partial charge in [0.2, 0.25) is 0 Å². The van der Waals surface area contributed by atoms with Crippen LogP contribution in [0.5, 0.6) is 0 Å². The van der Waals surface area contributed by atoms with E-state index in [9.17, 15) is 30.0 Å². The molecule has 15 heteroatoms. The zero-order valence-corrected chi connectivity index (χ0v) is 46.7. The fraction of sp³-hybridized carbons (Fsp3) is 0.885. The summed E-state index contributed by atoms with van der Waals surface area (Å²) < 4.78 is 32.2. The standard InChI is InChI=1S/C52H96N2O11Si2/c1-17-41(65-67(15,16)50(8,9)10)37(4)46-42(61-46)34-52(12,60)47(57)40(55)32-36(3)45-35(2)24-25-43(62-48(58)54-30-28-53(29-31-54)38-22-20-18-19-21-23-38)51(11,59)27-26-39(33-44(56)63-45)64-66(13,14)49(5,6)7/h24-25,32,35,37-43,45-47,55,57,59-60H,17-23,26-31,33-34H2,1-16H3/b25-24+,36-32+/t35-,37+,39+,40?,41-,42+,43-,45?,46?,47?,51+,52+/m0/s1. The van der Waals surface area contributed by atoms with Crippen LogP contribution >= 0.6 is 0 Å². The molecule has 0 aromatic heterocycles. The van der Waals surface area contributed by atoms with E-state index in [0.717, 1.165) is 19.5 Å². The van der Waals surface area contributed by atoms with Crippen molar-refractivity contribution in [2.45, 2.75) is 256 Å². The van der Waals surface area contributed by atoms with Gasteiger partial charge in [-0.15, -0.1) is 0 Å². The van der Waals surface area contributed by atoms with Crippen molar-refractivity contribution >= 4 is 28.7 Å². The normalized spacial score (nSPS) is 31.8. The van der Waals surface area contributed by atoms with Gasteiger partial charge in [0.1, 0.15) is 23.9 Å².